The van der Waals surface area contributed by atoms with Gasteiger partial charge < -0.3 is 10.1 Å². The third-order valence-corrected chi connectivity index (χ3v) is 5.62. The molecule has 0 aliphatic carbocycles. The van der Waals surface area contributed by atoms with Crippen LogP contribution in [-0.2, 0) is 14.8 Å². The smallest absolute Gasteiger partial charge is 0.242 e. The first-order chi connectivity index (χ1) is 12.5. The number of anilines is 1. The molecule has 0 radical (unpaired) electrons. The second-order valence-electron chi connectivity index (χ2n) is 5.35. The predicted molar refractivity (Wildman–Crippen MR) is 103 cm³/mol. The van der Waals surface area contributed by atoms with Gasteiger partial charge in [0.1, 0.15) is 6.04 Å². The topological polar surface area (TPSA) is 97.4 Å². The zero-order valence-corrected chi connectivity index (χ0v) is 16.1. The first-order valence-electron chi connectivity index (χ1n) is 7.83. The number of carbonyl (C=O) groups excluding carboxylic acids is 1. The molecular weight excluding hydrogens is 374 g/mol. The average molecular weight is 396 g/mol. The number of pyridine rings is 1. The summed E-state index contributed by atoms with van der Waals surface area (Å²) in [5.41, 5.74) is 0.462. The van der Waals surface area contributed by atoms with E-state index in [0.29, 0.717) is 23.7 Å². The lowest BCUT2D eigenvalue weighted by atomic mass is 10.2. The van der Waals surface area contributed by atoms with Crippen molar-refractivity contribution >= 4 is 33.4 Å². The molecule has 2 N–H and O–H groups in total. The summed E-state index contributed by atoms with van der Waals surface area (Å²) in [6.45, 7) is 0. The van der Waals surface area contributed by atoms with Crippen LogP contribution in [0.2, 0.25) is 0 Å². The van der Waals surface area contributed by atoms with E-state index in [1.807, 2.05) is 6.26 Å². The summed E-state index contributed by atoms with van der Waals surface area (Å²) in [4.78, 5) is 16.7. The van der Waals surface area contributed by atoms with Crippen LogP contribution in [0, 0.1) is 0 Å². The van der Waals surface area contributed by atoms with Gasteiger partial charge in [0, 0.05) is 6.07 Å². The van der Waals surface area contributed by atoms with E-state index in [-0.39, 0.29) is 4.90 Å². The molecule has 2 rings (SSSR count). The minimum Gasteiger partial charge on any atom is -0.481 e. The molecule has 9 heteroatoms. The Labute approximate surface area is 157 Å². The lowest BCUT2D eigenvalue weighted by molar-refractivity contribution is -0.117. The van der Waals surface area contributed by atoms with E-state index in [4.69, 9.17) is 4.74 Å². The Morgan fingerprint density at radius 3 is 2.54 bits per heavy atom. The van der Waals surface area contributed by atoms with E-state index in [2.05, 4.69) is 15.0 Å². The number of hydrogen-bond acceptors (Lipinski definition) is 6. The summed E-state index contributed by atoms with van der Waals surface area (Å²) >= 11 is 1.54. The molecule has 7 nitrogen and oxygen atoms in total. The van der Waals surface area contributed by atoms with Gasteiger partial charge in [0.05, 0.1) is 23.9 Å². The minimum absolute atomic E-state index is 0.119. The maximum absolute atomic E-state index is 12.6. The molecule has 2 aromatic rings. The third kappa shape index (κ3) is 5.72. The Hall–Kier alpha value is -2.10. The molecule has 0 saturated heterocycles. The molecule has 1 atom stereocenters. The van der Waals surface area contributed by atoms with E-state index >= 15 is 0 Å². The number of rotatable bonds is 9. The number of hydrogen-bond donors (Lipinski definition) is 2. The highest BCUT2D eigenvalue weighted by Gasteiger charge is 2.25. The maximum Gasteiger partial charge on any atom is 0.242 e. The fourth-order valence-corrected chi connectivity index (χ4v) is 3.86. The summed E-state index contributed by atoms with van der Waals surface area (Å²) in [6.07, 6.45) is 3.71. The number of thioether (sulfide) groups is 1. The van der Waals surface area contributed by atoms with Gasteiger partial charge in [-0.3, -0.25) is 4.79 Å². The van der Waals surface area contributed by atoms with Gasteiger partial charge in [-0.1, -0.05) is 18.2 Å². The summed E-state index contributed by atoms with van der Waals surface area (Å²) in [5.74, 6) is 0.619. The SMILES string of the molecule is COc1ccc(NC(=O)[C@H](CCSC)NS(=O)(=O)c2ccccc2)cn1. The van der Waals surface area contributed by atoms with Crippen molar-refractivity contribution in [3.63, 3.8) is 0 Å². The quantitative estimate of drug-likeness (QED) is 0.675. The van der Waals surface area contributed by atoms with Crippen molar-refractivity contribution in [3.05, 3.63) is 48.7 Å². The Bertz CT molecular complexity index is 812. The van der Waals surface area contributed by atoms with Gasteiger partial charge in [0.15, 0.2) is 0 Å². The summed E-state index contributed by atoms with van der Waals surface area (Å²) < 4.78 is 32.5. The summed E-state index contributed by atoms with van der Waals surface area (Å²) in [6, 6.07) is 10.3. The Kier molecular flexibility index (Phi) is 7.43. The van der Waals surface area contributed by atoms with Crippen LogP contribution in [0.5, 0.6) is 5.88 Å². The maximum atomic E-state index is 12.6. The van der Waals surface area contributed by atoms with Crippen molar-refractivity contribution in [2.75, 3.05) is 24.4 Å². The first-order valence-corrected chi connectivity index (χ1v) is 10.7. The average Bonchev–Trinajstić information content (AvgIpc) is 2.66. The molecule has 0 aliphatic rings. The molecule has 0 fully saturated rings. The zero-order chi connectivity index (χ0) is 19.0. The number of aromatic nitrogens is 1. The molecule has 1 heterocycles. The van der Waals surface area contributed by atoms with Crippen LogP contribution in [0.3, 0.4) is 0 Å². The highest BCUT2D eigenvalue weighted by atomic mass is 32.2. The lowest BCUT2D eigenvalue weighted by Gasteiger charge is -2.18. The third-order valence-electron chi connectivity index (χ3n) is 3.49. The van der Waals surface area contributed by atoms with Crippen LogP contribution in [-0.4, -0.2) is 44.5 Å². The van der Waals surface area contributed by atoms with Gasteiger partial charge >= 0.3 is 0 Å². The number of sulfonamides is 1. The van der Waals surface area contributed by atoms with E-state index in [1.54, 1.807) is 30.3 Å². The van der Waals surface area contributed by atoms with Crippen molar-refractivity contribution in [2.24, 2.45) is 0 Å². The lowest BCUT2D eigenvalue weighted by Crippen LogP contribution is -2.44. The molecule has 1 aromatic carbocycles. The van der Waals surface area contributed by atoms with Gasteiger partial charge in [-0.05, 0) is 36.6 Å². The van der Waals surface area contributed by atoms with Crippen LogP contribution < -0.4 is 14.8 Å². The number of amides is 1. The van der Waals surface area contributed by atoms with Crippen LogP contribution >= 0.6 is 11.8 Å². The van der Waals surface area contributed by atoms with Crippen molar-refractivity contribution < 1.29 is 17.9 Å². The molecule has 1 amide bonds. The minimum atomic E-state index is -3.79. The fraction of sp³-hybridized carbons (Fsp3) is 0.294. The first kappa shape index (κ1) is 20.2. The fourth-order valence-electron chi connectivity index (χ4n) is 2.14. The second kappa shape index (κ2) is 9.56. The molecule has 1 aromatic heterocycles. The molecule has 0 aliphatic heterocycles. The van der Waals surface area contributed by atoms with E-state index in [0.717, 1.165) is 0 Å². The molecule has 0 spiro atoms. The van der Waals surface area contributed by atoms with Crippen LogP contribution in [0.1, 0.15) is 6.42 Å². The highest BCUT2D eigenvalue weighted by Crippen LogP contribution is 2.14. The van der Waals surface area contributed by atoms with Crippen molar-refractivity contribution in [3.8, 4) is 5.88 Å². The zero-order valence-electron chi connectivity index (χ0n) is 14.5. The standard InChI is InChI=1S/C17H21N3O4S2/c1-24-16-9-8-13(12-18-16)19-17(21)15(10-11-25-2)20-26(22,23)14-6-4-3-5-7-14/h3-9,12,15,20H,10-11H2,1-2H3,(H,19,21)/t15-/m0/s1. The number of nitrogens with one attached hydrogen (secondary N) is 2. The highest BCUT2D eigenvalue weighted by molar-refractivity contribution is 7.98. The van der Waals surface area contributed by atoms with Crippen molar-refractivity contribution in [1.82, 2.24) is 9.71 Å². The van der Waals surface area contributed by atoms with Gasteiger partial charge in [-0.15, -0.1) is 0 Å². The van der Waals surface area contributed by atoms with E-state index in [1.165, 1.54) is 37.2 Å². The molecule has 0 saturated carbocycles. The van der Waals surface area contributed by atoms with Crippen molar-refractivity contribution in [1.29, 1.82) is 0 Å². The van der Waals surface area contributed by atoms with Crippen LogP contribution in [0.15, 0.2) is 53.6 Å². The number of methoxy groups -OCH3 is 1. The van der Waals surface area contributed by atoms with E-state index < -0.39 is 22.0 Å². The number of ether oxygens (including phenoxy) is 1. The van der Waals surface area contributed by atoms with E-state index in [9.17, 15) is 13.2 Å². The predicted octanol–water partition coefficient (Wildman–Crippen LogP) is 2.13. The van der Waals surface area contributed by atoms with Crippen LogP contribution in [0.25, 0.3) is 0 Å². The Balaban J connectivity index is 2.13. The summed E-state index contributed by atoms with van der Waals surface area (Å²) in [7, 11) is -2.30. The number of benzene rings is 1. The van der Waals surface area contributed by atoms with Crippen molar-refractivity contribution in [2.45, 2.75) is 17.4 Å². The molecule has 0 bridgehead atoms. The molecular formula is C17H21N3O4S2. The number of carbonyl (C=O) groups is 1. The monoisotopic (exact) mass is 395 g/mol. The number of nitrogens with zero attached hydrogens (tertiary/aromatic N) is 1. The Morgan fingerprint density at radius 1 is 1.23 bits per heavy atom. The largest absolute Gasteiger partial charge is 0.481 e. The molecule has 140 valence electrons. The van der Waals surface area contributed by atoms with Gasteiger partial charge in [-0.2, -0.15) is 16.5 Å². The summed E-state index contributed by atoms with van der Waals surface area (Å²) in [5, 5.41) is 2.68. The molecule has 26 heavy (non-hydrogen) atoms. The van der Waals surface area contributed by atoms with Gasteiger partial charge in [0.2, 0.25) is 21.8 Å². The van der Waals surface area contributed by atoms with Gasteiger partial charge in [-0.25, -0.2) is 13.4 Å². The second-order valence-corrected chi connectivity index (χ2v) is 8.05. The normalized spacial score (nSPS) is 12.4. The molecule has 0 unspecified atom stereocenters. The van der Waals surface area contributed by atoms with Gasteiger partial charge in [0.25, 0.3) is 0 Å². The Morgan fingerprint density at radius 2 is 1.96 bits per heavy atom. The van der Waals surface area contributed by atoms with Crippen LogP contribution in [0.4, 0.5) is 5.69 Å².